The number of H-pyrrole nitrogens is 1. The third kappa shape index (κ3) is 4.27. The lowest BCUT2D eigenvalue weighted by Crippen LogP contribution is -2.26. The highest BCUT2D eigenvalue weighted by Gasteiger charge is 2.03. The summed E-state index contributed by atoms with van der Waals surface area (Å²) in [4.78, 5) is 7.29. The van der Waals surface area contributed by atoms with Crippen LogP contribution in [0.15, 0.2) is 41.1 Å². The van der Waals surface area contributed by atoms with Gasteiger partial charge in [0.2, 0.25) is 0 Å². The van der Waals surface area contributed by atoms with Crippen molar-refractivity contribution in [1.82, 2.24) is 15.3 Å². The first-order valence-electron chi connectivity index (χ1n) is 6.20. The minimum Gasteiger partial charge on any atom is -0.348 e. The fourth-order valence-corrected chi connectivity index (χ4v) is 2.07. The Morgan fingerprint density at radius 3 is 2.78 bits per heavy atom. The van der Waals surface area contributed by atoms with Crippen LogP contribution in [-0.2, 0) is 13.0 Å². The quantitative estimate of drug-likeness (QED) is 0.860. The van der Waals surface area contributed by atoms with Gasteiger partial charge in [-0.05, 0) is 37.5 Å². The summed E-state index contributed by atoms with van der Waals surface area (Å²) >= 11 is 3.45. The van der Waals surface area contributed by atoms with Crippen LogP contribution < -0.4 is 5.32 Å². The second-order valence-electron chi connectivity index (χ2n) is 4.48. The van der Waals surface area contributed by atoms with Crippen LogP contribution in [0.25, 0.3) is 0 Å². The number of aromatic amines is 1. The van der Waals surface area contributed by atoms with Crippen molar-refractivity contribution >= 4 is 15.9 Å². The van der Waals surface area contributed by atoms with Crippen molar-refractivity contribution in [2.45, 2.75) is 32.4 Å². The zero-order valence-corrected chi connectivity index (χ0v) is 12.1. The van der Waals surface area contributed by atoms with Gasteiger partial charge in [0.15, 0.2) is 0 Å². The molecular weight excluding hydrogens is 290 g/mol. The summed E-state index contributed by atoms with van der Waals surface area (Å²) in [5, 5.41) is 3.46. The first kappa shape index (κ1) is 13.3. The molecule has 1 aromatic carbocycles. The molecule has 1 unspecified atom stereocenters. The third-order valence-corrected chi connectivity index (χ3v) is 3.48. The van der Waals surface area contributed by atoms with Gasteiger partial charge in [0.1, 0.15) is 5.82 Å². The highest BCUT2D eigenvalue weighted by molar-refractivity contribution is 9.10. The van der Waals surface area contributed by atoms with E-state index >= 15 is 0 Å². The van der Waals surface area contributed by atoms with Crippen LogP contribution >= 0.6 is 15.9 Å². The highest BCUT2D eigenvalue weighted by Crippen LogP contribution is 2.12. The van der Waals surface area contributed by atoms with E-state index in [0.717, 1.165) is 29.7 Å². The van der Waals surface area contributed by atoms with E-state index in [2.05, 4.69) is 62.4 Å². The predicted octanol–water partition coefficient (Wildman–Crippen LogP) is 3.28. The van der Waals surface area contributed by atoms with Crippen molar-refractivity contribution in [2.24, 2.45) is 0 Å². The summed E-state index contributed by atoms with van der Waals surface area (Å²) in [6, 6.07) is 9.01. The number of halogens is 1. The van der Waals surface area contributed by atoms with Crippen molar-refractivity contribution in [3.8, 4) is 0 Å². The van der Waals surface area contributed by atoms with E-state index in [1.165, 1.54) is 5.56 Å². The number of benzene rings is 1. The standard InChI is InChI=1S/C14H18BrN3/c1-11(18-10-14-16-8-9-17-14)2-3-12-4-6-13(15)7-5-12/h4-9,11,18H,2-3,10H2,1H3,(H,16,17). The van der Waals surface area contributed by atoms with Gasteiger partial charge in [-0.15, -0.1) is 0 Å². The maximum absolute atomic E-state index is 4.19. The molecular formula is C14H18BrN3. The fraction of sp³-hybridized carbons (Fsp3) is 0.357. The van der Waals surface area contributed by atoms with Crippen molar-refractivity contribution in [1.29, 1.82) is 0 Å². The van der Waals surface area contributed by atoms with Gasteiger partial charge in [-0.2, -0.15) is 0 Å². The minimum atomic E-state index is 0.485. The molecule has 0 bridgehead atoms. The molecule has 2 rings (SSSR count). The summed E-state index contributed by atoms with van der Waals surface area (Å²) in [5.74, 6) is 0.991. The monoisotopic (exact) mass is 307 g/mol. The molecule has 96 valence electrons. The average Bonchev–Trinajstić information content (AvgIpc) is 2.89. The summed E-state index contributed by atoms with van der Waals surface area (Å²) in [7, 11) is 0. The molecule has 1 aromatic heterocycles. The maximum atomic E-state index is 4.19. The molecule has 2 aromatic rings. The lowest BCUT2D eigenvalue weighted by molar-refractivity contribution is 0.506. The second kappa shape index (κ2) is 6.71. The fourth-order valence-electron chi connectivity index (χ4n) is 1.80. The zero-order valence-electron chi connectivity index (χ0n) is 10.5. The van der Waals surface area contributed by atoms with Gasteiger partial charge in [0.25, 0.3) is 0 Å². The summed E-state index contributed by atoms with van der Waals surface area (Å²) in [5.41, 5.74) is 1.38. The average molecular weight is 308 g/mol. The van der Waals surface area contributed by atoms with Gasteiger partial charge >= 0.3 is 0 Å². The Morgan fingerprint density at radius 1 is 1.33 bits per heavy atom. The van der Waals surface area contributed by atoms with Crippen LogP contribution in [0.2, 0.25) is 0 Å². The largest absolute Gasteiger partial charge is 0.348 e. The van der Waals surface area contributed by atoms with E-state index in [1.807, 2.05) is 6.20 Å². The van der Waals surface area contributed by atoms with Gasteiger partial charge in [0.05, 0.1) is 6.54 Å². The lowest BCUT2D eigenvalue weighted by atomic mass is 10.1. The van der Waals surface area contributed by atoms with Crippen molar-refractivity contribution < 1.29 is 0 Å². The van der Waals surface area contributed by atoms with Gasteiger partial charge in [-0.25, -0.2) is 4.98 Å². The minimum absolute atomic E-state index is 0.485. The number of aromatic nitrogens is 2. The zero-order chi connectivity index (χ0) is 12.8. The van der Waals surface area contributed by atoms with E-state index in [-0.39, 0.29) is 0 Å². The first-order valence-corrected chi connectivity index (χ1v) is 6.99. The molecule has 2 N–H and O–H groups in total. The number of nitrogens with one attached hydrogen (secondary N) is 2. The number of hydrogen-bond donors (Lipinski definition) is 2. The molecule has 1 atom stereocenters. The number of aryl methyl sites for hydroxylation is 1. The number of hydrogen-bond acceptors (Lipinski definition) is 2. The van der Waals surface area contributed by atoms with Gasteiger partial charge < -0.3 is 10.3 Å². The molecule has 0 aliphatic heterocycles. The topological polar surface area (TPSA) is 40.7 Å². The van der Waals surface area contributed by atoms with Crippen LogP contribution in [-0.4, -0.2) is 16.0 Å². The Bertz CT molecular complexity index is 450. The van der Waals surface area contributed by atoms with Crippen LogP contribution in [0.5, 0.6) is 0 Å². The molecule has 0 fully saturated rings. The van der Waals surface area contributed by atoms with Crippen LogP contribution in [0.1, 0.15) is 24.7 Å². The molecule has 3 nitrogen and oxygen atoms in total. The maximum Gasteiger partial charge on any atom is 0.120 e. The van der Waals surface area contributed by atoms with Gasteiger partial charge in [-0.3, -0.25) is 0 Å². The Hall–Kier alpha value is -1.13. The summed E-state index contributed by atoms with van der Waals surface area (Å²) < 4.78 is 1.13. The van der Waals surface area contributed by atoms with Gasteiger partial charge in [0, 0.05) is 22.9 Å². The Labute approximate surface area is 116 Å². The van der Waals surface area contributed by atoms with E-state index in [1.54, 1.807) is 6.20 Å². The molecule has 4 heteroatoms. The molecule has 0 saturated carbocycles. The predicted molar refractivity (Wildman–Crippen MR) is 77.4 cm³/mol. The molecule has 0 aliphatic carbocycles. The molecule has 0 radical (unpaired) electrons. The molecule has 0 saturated heterocycles. The second-order valence-corrected chi connectivity index (χ2v) is 5.40. The molecule has 0 amide bonds. The van der Waals surface area contributed by atoms with E-state index in [9.17, 15) is 0 Å². The normalized spacial score (nSPS) is 12.6. The van der Waals surface area contributed by atoms with E-state index in [4.69, 9.17) is 0 Å². The Balaban J connectivity index is 1.71. The first-order chi connectivity index (χ1) is 8.74. The van der Waals surface area contributed by atoms with Crippen molar-refractivity contribution in [3.63, 3.8) is 0 Å². The molecule has 1 heterocycles. The van der Waals surface area contributed by atoms with Gasteiger partial charge in [-0.1, -0.05) is 28.1 Å². The molecule has 18 heavy (non-hydrogen) atoms. The number of nitrogens with zero attached hydrogens (tertiary/aromatic N) is 1. The van der Waals surface area contributed by atoms with Crippen molar-refractivity contribution in [2.75, 3.05) is 0 Å². The van der Waals surface area contributed by atoms with Crippen molar-refractivity contribution in [3.05, 3.63) is 52.5 Å². The Morgan fingerprint density at radius 2 is 2.11 bits per heavy atom. The highest BCUT2D eigenvalue weighted by atomic mass is 79.9. The number of imidazole rings is 1. The molecule has 0 spiro atoms. The summed E-state index contributed by atoms with van der Waals surface area (Å²) in [6.07, 6.45) is 5.86. The SMILES string of the molecule is CC(CCc1ccc(Br)cc1)NCc1ncc[nH]1. The van der Waals surface area contributed by atoms with E-state index in [0.29, 0.717) is 6.04 Å². The summed E-state index contributed by atoms with van der Waals surface area (Å²) in [6.45, 7) is 3.01. The number of rotatable bonds is 6. The van der Waals surface area contributed by atoms with Crippen LogP contribution in [0, 0.1) is 0 Å². The molecule has 0 aliphatic rings. The van der Waals surface area contributed by atoms with E-state index < -0.39 is 0 Å². The Kier molecular flexibility index (Phi) is 4.96. The van der Waals surface area contributed by atoms with Crippen LogP contribution in [0.4, 0.5) is 0 Å². The van der Waals surface area contributed by atoms with Crippen LogP contribution in [0.3, 0.4) is 0 Å². The smallest absolute Gasteiger partial charge is 0.120 e. The third-order valence-electron chi connectivity index (χ3n) is 2.95. The lowest BCUT2D eigenvalue weighted by Gasteiger charge is -2.12.